The molecule has 4 N–H and O–H groups in total. The third-order valence-electron chi connectivity index (χ3n) is 3.60. The number of aromatic nitrogens is 1. The molecule has 114 valence electrons. The Balaban J connectivity index is 1.88. The molecule has 0 bridgehead atoms. The lowest BCUT2D eigenvalue weighted by Crippen LogP contribution is -2.51. The van der Waals surface area contributed by atoms with E-state index in [0.717, 1.165) is 0 Å². The monoisotopic (exact) mass is 294 g/mol. The number of nitrogens with one attached hydrogen (secondary N) is 1. The number of aryl methyl sites for hydroxylation is 1. The predicted molar refractivity (Wildman–Crippen MR) is 73.5 cm³/mol. The number of rotatable bonds is 4. The molecule has 2 amide bonds. The first-order valence-corrected chi connectivity index (χ1v) is 6.52. The zero-order valence-electron chi connectivity index (χ0n) is 11.7. The zero-order chi connectivity index (χ0) is 15.6. The van der Waals surface area contributed by atoms with Crippen LogP contribution < -0.4 is 11.1 Å². The van der Waals surface area contributed by atoms with Crippen molar-refractivity contribution >= 4 is 17.8 Å². The summed E-state index contributed by atoms with van der Waals surface area (Å²) in [7, 11) is 1.70. The number of nitrogens with zero attached hydrogens (tertiary/aromatic N) is 2. The van der Waals surface area contributed by atoms with Crippen molar-refractivity contribution in [2.45, 2.75) is 12.0 Å². The number of amides is 2. The molecule has 0 aliphatic carbocycles. The fourth-order valence-electron chi connectivity index (χ4n) is 2.35. The van der Waals surface area contributed by atoms with Crippen LogP contribution in [0.25, 0.3) is 0 Å². The van der Waals surface area contributed by atoms with Crippen molar-refractivity contribution in [3.05, 3.63) is 24.0 Å². The summed E-state index contributed by atoms with van der Waals surface area (Å²) in [5.41, 5.74) is 4.78. The van der Waals surface area contributed by atoms with Gasteiger partial charge in [0.25, 0.3) is 5.91 Å². The normalized spacial score (nSPS) is 22.2. The van der Waals surface area contributed by atoms with Crippen molar-refractivity contribution in [3.8, 4) is 0 Å². The van der Waals surface area contributed by atoms with Crippen LogP contribution in [-0.2, 0) is 16.6 Å². The maximum absolute atomic E-state index is 11.9. The molecule has 0 saturated carbocycles. The molecule has 21 heavy (non-hydrogen) atoms. The smallest absolute Gasteiger partial charge is 0.325 e. The molecule has 8 nitrogen and oxygen atoms in total. The van der Waals surface area contributed by atoms with Crippen molar-refractivity contribution in [3.63, 3.8) is 0 Å². The van der Waals surface area contributed by atoms with Gasteiger partial charge in [-0.05, 0) is 18.6 Å². The van der Waals surface area contributed by atoms with Crippen molar-refractivity contribution in [2.24, 2.45) is 12.8 Å². The lowest BCUT2D eigenvalue weighted by molar-refractivity contribution is -0.143. The van der Waals surface area contributed by atoms with Crippen LogP contribution in [0, 0.1) is 0 Å². The summed E-state index contributed by atoms with van der Waals surface area (Å²) in [6.45, 7) is 0.449. The Morgan fingerprint density at radius 3 is 2.71 bits per heavy atom. The first-order chi connectivity index (χ1) is 9.82. The van der Waals surface area contributed by atoms with Crippen molar-refractivity contribution in [1.29, 1.82) is 0 Å². The maximum Gasteiger partial charge on any atom is 0.325 e. The standard InChI is InChI=1S/C13H18N4O4/c1-16-5-2-3-9(16)11(19)15-10(18)7-17-6-4-13(14,8-17)12(20)21/h2-3,5H,4,6-8,14H2,1H3,(H,20,21)(H,15,18,19). The van der Waals surface area contributed by atoms with Gasteiger partial charge in [0.15, 0.2) is 0 Å². The van der Waals surface area contributed by atoms with E-state index in [9.17, 15) is 14.4 Å². The van der Waals surface area contributed by atoms with Gasteiger partial charge in [-0.2, -0.15) is 0 Å². The molecule has 8 heteroatoms. The Bertz CT molecular complexity index is 582. The lowest BCUT2D eigenvalue weighted by atomic mass is 10.0. The van der Waals surface area contributed by atoms with Gasteiger partial charge in [0.1, 0.15) is 11.2 Å². The molecule has 0 radical (unpaired) electrons. The van der Waals surface area contributed by atoms with Crippen molar-refractivity contribution < 1.29 is 19.5 Å². The van der Waals surface area contributed by atoms with Crippen LogP contribution in [0.5, 0.6) is 0 Å². The lowest BCUT2D eigenvalue weighted by Gasteiger charge is -2.19. The van der Waals surface area contributed by atoms with Gasteiger partial charge in [-0.3, -0.25) is 24.6 Å². The minimum atomic E-state index is -1.32. The van der Waals surface area contributed by atoms with E-state index in [-0.39, 0.29) is 19.5 Å². The zero-order valence-corrected chi connectivity index (χ0v) is 11.7. The second kappa shape index (κ2) is 5.66. The highest BCUT2D eigenvalue weighted by molar-refractivity contribution is 6.04. The number of likely N-dealkylation sites (tertiary alicyclic amines) is 1. The van der Waals surface area contributed by atoms with Gasteiger partial charge in [-0.15, -0.1) is 0 Å². The molecule has 0 aromatic carbocycles. The number of carboxylic acid groups (broad SMARTS) is 1. The van der Waals surface area contributed by atoms with Crippen molar-refractivity contribution in [1.82, 2.24) is 14.8 Å². The van der Waals surface area contributed by atoms with E-state index in [0.29, 0.717) is 12.2 Å². The van der Waals surface area contributed by atoms with E-state index >= 15 is 0 Å². The summed E-state index contributed by atoms with van der Waals surface area (Å²) in [6, 6.07) is 3.31. The third-order valence-corrected chi connectivity index (χ3v) is 3.60. The van der Waals surface area contributed by atoms with Gasteiger partial charge < -0.3 is 15.4 Å². The predicted octanol–water partition coefficient (Wildman–Crippen LogP) is -1.23. The summed E-state index contributed by atoms with van der Waals surface area (Å²) >= 11 is 0. The molecule has 1 unspecified atom stereocenters. The minimum Gasteiger partial charge on any atom is -0.480 e. The molecule has 1 aliphatic rings. The SMILES string of the molecule is Cn1cccc1C(=O)NC(=O)CN1CCC(N)(C(=O)O)C1. The van der Waals surface area contributed by atoms with Gasteiger partial charge in [-0.25, -0.2) is 0 Å². The number of hydrogen-bond acceptors (Lipinski definition) is 5. The molecule has 1 atom stereocenters. The summed E-state index contributed by atoms with van der Waals surface area (Å²) in [6.07, 6.45) is 1.98. The molecular weight excluding hydrogens is 276 g/mol. The van der Waals surface area contributed by atoms with Gasteiger partial charge in [0.2, 0.25) is 5.91 Å². The largest absolute Gasteiger partial charge is 0.480 e. The molecule has 1 aromatic rings. The van der Waals surface area contributed by atoms with Crippen LogP contribution in [0.2, 0.25) is 0 Å². The first-order valence-electron chi connectivity index (χ1n) is 6.52. The Morgan fingerprint density at radius 1 is 1.48 bits per heavy atom. The van der Waals surface area contributed by atoms with Crippen LogP contribution in [0.4, 0.5) is 0 Å². The van der Waals surface area contributed by atoms with Gasteiger partial charge >= 0.3 is 5.97 Å². The average molecular weight is 294 g/mol. The number of carbonyl (C=O) groups is 3. The summed E-state index contributed by atoms with van der Waals surface area (Å²) < 4.78 is 1.60. The highest BCUT2D eigenvalue weighted by atomic mass is 16.4. The number of carbonyl (C=O) groups excluding carboxylic acids is 2. The molecule has 1 fully saturated rings. The number of imide groups is 1. The molecule has 0 spiro atoms. The van der Waals surface area contributed by atoms with E-state index in [2.05, 4.69) is 5.32 Å². The Kier molecular flexibility index (Phi) is 4.10. The van der Waals surface area contributed by atoms with Gasteiger partial charge in [-0.1, -0.05) is 0 Å². The van der Waals surface area contributed by atoms with E-state index in [1.54, 1.807) is 34.8 Å². The van der Waals surface area contributed by atoms with Crippen LogP contribution in [-0.4, -0.2) is 57.5 Å². The van der Waals surface area contributed by atoms with E-state index in [1.807, 2.05) is 0 Å². The van der Waals surface area contributed by atoms with Gasteiger partial charge in [0, 0.05) is 26.3 Å². The summed E-state index contributed by atoms with van der Waals surface area (Å²) in [5, 5.41) is 11.3. The third kappa shape index (κ3) is 3.29. The maximum atomic E-state index is 11.9. The number of nitrogens with two attached hydrogens (primary N) is 1. The van der Waals surface area contributed by atoms with Crippen LogP contribution in [0.15, 0.2) is 18.3 Å². The molecule has 2 rings (SSSR count). The molecule has 1 aliphatic heterocycles. The fourth-order valence-corrected chi connectivity index (χ4v) is 2.35. The Morgan fingerprint density at radius 2 is 2.19 bits per heavy atom. The molecule has 1 saturated heterocycles. The second-order valence-corrected chi connectivity index (χ2v) is 5.30. The van der Waals surface area contributed by atoms with Crippen molar-refractivity contribution in [2.75, 3.05) is 19.6 Å². The highest BCUT2D eigenvalue weighted by Gasteiger charge is 2.41. The Labute approximate surface area is 121 Å². The topological polar surface area (TPSA) is 118 Å². The van der Waals surface area contributed by atoms with Crippen LogP contribution in [0.3, 0.4) is 0 Å². The first kappa shape index (κ1) is 15.2. The van der Waals surface area contributed by atoms with E-state index in [1.165, 1.54) is 0 Å². The summed E-state index contributed by atoms with van der Waals surface area (Å²) in [5.74, 6) is -2.04. The quantitative estimate of drug-likeness (QED) is 0.640. The highest BCUT2D eigenvalue weighted by Crippen LogP contribution is 2.18. The second-order valence-electron chi connectivity index (χ2n) is 5.30. The molecule has 2 heterocycles. The number of aliphatic carboxylic acids is 1. The number of carboxylic acids is 1. The fraction of sp³-hybridized carbons (Fsp3) is 0.462. The van der Waals surface area contributed by atoms with E-state index in [4.69, 9.17) is 10.8 Å². The van der Waals surface area contributed by atoms with Crippen LogP contribution >= 0.6 is 0 Å². The Hall–Kier alpha value is -2.19. The molecular formula is C13H18N4O4. The van der Waals surface area contributed by atoms with E-state index < -0.39 is 23.3 Å². The minimum absolute atomic E-state index is 0.0532. The van der Waals surface area contributed by atoms with Gasteiger partial charge in [0.05, 0.1) is 6.54 Å². The summed E-state index contributed by atoms with van der Waals surface area (Å²) in [4.78, 5) is 36.3. The average Bonchev–Trinajstić information content (AvgIpc) is 2.96. The number of hydrogen-bond donors (Lipinski definition) is 3. The molecule has 1 aromatic heterocycles. The van der Waals surface area contributed by atoms with Crippen LogP contribution in [0.1, 0.15) is 16.9 Å².